The molecule has 0 fully saturated rings. The number of nitrogens with one attached hydrogen (secondary N) is 1. The maximum absolute atomic E-state index is 11.6. The number of hydrogen-bond donors (Lipinski definition) is 1. The van der Waals surface area contributed by atoms with Crippen molar-refractivity contribution < 1.29 is 27.1 Å². The van der Waals surface area contributed by atoms with E-state index in [4.69, 9.17) is 4.42 Å². The molecule has 0 radical (unpaired) electrons. The monoisotopic (exact) mass is 237 g/mol. The van der Waals surface area contributed by atoms with Gasteiger partial charge in [-0.15, -0.1) is 0 Å². The number of amides is 1. The molecule has 16 heavy (non-hydrogen) atoms. The second kappa shape index (κ2) is 5.55. The summed E-state index contributed by atoms with van der Waals surface area (Å²) in [6.07, 6.45) is -2.98. The third kappa shape index (κ3) is 5.40. The fraction of sp³-hybridized carbons (Fsp3) is 0.444. The third-order valence-electron chi connectivity index (χ3n) is 1.54. The largest absolute Gasteiger partial charge is 0.467 e. The van der Waals surface area contributed by atoms with Crippen LogP contribution in [0.15, 0.2) is 22.8 Å². The summed E-state index contributed by atoms with van der Waals surface area (Å²) in [5.41, 5.74) is 0. The Morgan fingerprint density at radius 1 is 1.50 bits per heavy atom. The number of hydrogen-bond acceptors (Lipinski definition) is 3. The fourth-order valence-electron chi connectivity index (χ4n) is 0.909. The van der Waals surface area contributed by atoms with Crippen LogP contribution in [0, 0.1) is 0 Å². The average molecular weight is 237 g/mol. The van der Waals surface area contributed by atoms with Gasteiger partial charge in [0.1, 0.15) is 19.0 Å². The summed E-state index contributed by atoms with van der Waals surface area (Å²) in [6, 6.07) is 3.28. The third-order valence-corrected chi connectivity index (χ3v) is 1.54. The smallest absolute Gasteiger partial charge is 0.411 e. The van der Waals surface area contributed by atoms with Gasteiger partial charge in [0.05, 0.1) is 12.8 Å². The molecule has 1 amide bonds. The second-order valence-corrected chi connectivity index (χ2v) is 2.96. The quantitative estimate of drug-likeness (QED) is 0.843. The van der Waals surface area contributed by atoms with E-state index >= 15 is 0 Å². The Hall–Kier alpha value is -1.50. The molecule has 0 aromatic carbocycles. The van der Waals surface area contributed by atoms with Gasteiger partial charge in [-0.2, -0.15) is 13.2 Å². The molecule has 7 heteroatoms. The van der Waals surface area contributed by atoms with Gasteiger partial charge in [-0.1, -0.05) is 0 Å². The van der Waals surface area contributed by atoms with Crippen LogP contribution < -0.4 is 5.32 Å². The standard InChI is InChI=1S/C9H10F3NO3/c10-9(11,12)6-15-5-8(14)13-4-7-2-1-3-16-7/h1-3H,4-6H2,(H,13,14). The lowest BCUT2D eigenvalue weighted by molar-refractivity contribution is -0.175. The first kappa shape index (κ1) is 12.6. The Kier molecular flexibility index (Phi) is 4.36. The summed E-state index contributed by atoms with van der Waals surface area (Å²) >= 11 is 0. The Balaban J connectivity index is 2.12. The van der Waals surface area contributed by atoms with Crippen molar-refractivity contribution in [3.05, 3.63) is 24.2 Å². The number of alkyl halides is 3. The maximum atomic E-state index is 11.6. The number of halogens is 3. The van der Waals surface area contributed by atoms with E-state index in [9.17, 15) is 18.0 Å². The normalized spacial score (nSPS) is 11.4. The molecule has 0 aliphatic rings. The summed E-state index contributed by atoms with van der Waals surface area (Å²) < 4.78 is 44.0. The van der Waals surface area contributed by atoms with Crippen molar-refractivity contribution >= 4 is 5.91 Å². The van der Waals surface area contributed by atoms with E-state index < -0.39 is 25.3 Å². The van der Waals surface area contributed by atoms with Gasteiger partial charge in [-0.3, -0.25) is 4.79 Å². The molecule has 0 spiro atoms. The zero-order valence-electron chi connectivity index (χ0n) is 8.21. The van der Waals surface area contributed by atoms with E-state index in [1.807, 2.05) is 0 Å². The lowest BCUT2D eigenvalue weighted by atomic mass is 10.4. The zero-order chi connectivity index (χ0) is 12.0. The molecule has 0 unspecified atom stereocenters. The molecule has 1 rings (SSSR count). The van der Waals surface area contributed by atoms with Gasteiger partial charge in [0, 0.05) is 0 Å². The molecule has 1 heterocycles. The van der Waals surface area contributed by atoms with Gasteiger partial charge in [0.25, 0.3) is 0 Å². The predicted molar refractivity (Wildman–Crippen MR) is 47.4 cm³/mol. The molecule has 0 aliphatic heterocycles. The van der Waals surface area contributed by atoms with Gasteiger partial charge >= 0.3 is 6.18 Å². The van der Waals surface area contributed by atoms with Crippen molar-refractivity contribution in [2.45, 2.75) is 12.7 Å². The van der Waals surface area contributed by atoms with Crippen molar-refractivity contribution in [2.75, 3.05) is 13.2 Å². The van der Waals surface area contributed by atoms with Gasteiger partial charge < -0.3 is 14.5 Å². The summed E-state index contributed by atoms with van der Waals surface area (Å²) in [5, 5.41) is 2.35. The Bertz CT molecular complexity index is 321. The first-order chi connectivity index (χ1) is 7.47. The fourth-order valence-corrected chi connectivity index (χ4v) is 0.909. The van der Waals surface area contributed by atoms with Crippen LogP contribution >= 0.6 is 0 Å². The highest BCUT2D eigenvalue weighted by molar-refractivity contribution is 5.77. The first-order valence-electron chi connectivity index (χ1n) is 4.41. The lowest BCUT2D eigenvalue weighted by Gasteiger charge is -2.07. The van der Waals surface area contributed by atoms with Crippen molar-refractivity contribution in [2.24, 2.45) is 0 Å². The highest BCUT2D eigenvalue weighted by Gasteiger charge is 2.27. The lowest BCUT2D eigenvalue weighted by Crippen LogP contribution is -2.29. The molecular weight excluding hydrogens is 227 g/mol. The van der Waals surface area contributed by atoms with Crippen LogP contribution in [0.3, 0.4) is 0 Å². The van der Waals surface area contributed by atoms with Gasteiger partial charge in [-0.25, -0.2) is 0 Å². The molecule has 0 saturated heterocycles. The molecular formula is C9H10F3NO3. The van der Waals surface area contributed by atoms with E-state index in [0.717, 1.165) is 0 Å². The van der Waals surface area contributed by atoms with Crippen molar-refractivity contribution in [1.29, 1.82) is 0 Å². The SMILES string of the molecule is O=C(COCC(F)(F)F)NCc1ccco1. The topological polar surface area (TPSA) is 51.5 Å². The maximum Gasteiger partial charge on any atom is 0.411 e. The van der Waals surface area contributed by atoms with Gasteiger partial charge in [-0.05, 0) is 12.1 Å². The number of rotatable bonds is 5. The molecule has 4 nitrogen and oxygen atoms in total. The summed E-state index contributed by atoms with van der Waals surface area (Å²) in [6.45, 7) is -1.93. The predicted octanol–water partition coefficient (Wildman–Crippen LogP) is 1.47. The Morgan fingerprint density at radius 3 is 2.81 bits per heavy atom. The van der Waals surface area contributed by atoms with Crippen LogP contribution in [0.1, 0.15) is 5.76 Å². The summed E-state index contributed by atoms with van der Waals surface area (Å²) in [5.74, 6) is -0.107. The van der Waals surface area contributed by atoms with Crippen LogP contribution in [0.2, 0.25) is 0 Å². The molecule has 0 aliphatic carbocycles. The van der Waals surface area contributed by atoms with Gasteiger partial charge in [0.2, 0.25) is 5.91 Å². The van der Waals surface area contributed by atoms with Crippen molar-refractivity contribution in [1.82, 2.24) is 5.32 Å². The van der Waals surface area contributed by atoms with E-state index in [0.29, 0.717) is 5.76 Å². The highest BCUT2D eigenvalue weighted by atomic mass is 19.4. The molecule has 1 N–H and O–H groups in total. The molecule has 0 saturated carbocycles. The van der Waals surface area contributed by atoms with Crippen LogP contribution in [-0.4, -0.2) is 25.3 Å². The highest BCUT2D eigenvalue weighted by Crippen LogP contribution is 2.14. The number of ether oxygens (including phenoxy) is 1. The van der Waals surface area contributed by atoms with Crippen LogP contribution in [0.5, 0.6) is 0 Å². The summed E-state index contributed by atoms with van der Waals surface area (Å²) in [4.78, 5) is 11.0. The van der Waals surface area contributed by atoms with Gasteiger partial charge in [0.15, 0.2) is 0 Å². The molecule has 0 atom stereocenters. The van der Waals surface area contributed by atoms with Crippen molar-refractivity contribution in [3.63, 3.8) is 0 Å². The Morgan fingerprint density at radius 2 is 2.25 bits per heavy atom. The second-order valence-electron chi connectivity index (χ2n) is 2.96. The summed E-state index contributed by atoms with van der Waals surface area (Å²) in [7, 11) is 0. The minimum absolute atomic E-state index is 0.126. The minimum Gasteiger partial charge on any atom is -0.467 e. The van der Waals surface area contributed by atoms with E-state index in [1.165, 1.54) is 6.26 Å². The first-order valence-corrected chi connectivity index (χ1v) is 4.41. The molecule has 1 aromatic rings. The van der Waals surface area contributed by atoms with Crippen LogP contribution in [0.25, 0.3) is 0 Å². The van der Waals surface area contributed by atoms with E-state index in [-0.39, 0.29) is 6.54 Å². The molecule has 90 valence electrons. The number of carbonyl (C=O) groups is 1. The molecule has 1 aromatic heterocycles. The molecule has 0 bridgehead atoms. The Labute approximate surface area is 89.4 Å². The number of carbonyl (C=O) groups excluding carboxylic acids is 1. The average Bonchev–Trinajstić information content (AvgIpc) is 2.65. The van der Waals surface area contributed by atoms with Crippen LogP contribution in [0.4, 0.5) is 13.2 Å². The number of furan rings is 1. The van der Waals surface area contributed by atoms with E-state index in [1.54, 1.807) is 12.1 Å². The van der Waals surface area contributed by atoms with Crippen molar-refractivity contribution in [3.8, 4) is 0 Å². The minimum atomic E-state index is -4.42. The van der Waals surface area contributed by atoms with Crippen LogP contribution in [-0.2, 0) is 16.1 Å². The van der Waals surface area contributed by atoms with E-state index in [2.05, 4.69) is 10.1 Å². The zero-order valence-corrected chi connectivity index (χ0v) is 8.21.